The van der Waals surface area contributed by atoms with Crippen molar-refractivity contribution in [3.8, 4) is 23.0 Å². The van der Waals surface area contributed by atoms with E-state index in [0.29, 0.717) is 22.7 Å². The van der Waals surface area contributed by atoms with Crippen molar-refractivity contribution in [2.75, 3.05) is 0 Å². The maximum atomic E-state index is 12.0. The molecule has 12 aromatic carbocycles. The maximum Gasteiger partial charge on any atom is 2.00 e. The third-order valence-corrected chi connectivity index (χ3v) is 12.9. The van der Waals surface area contributed by atoms with Gasteiger partial charge in [-0.3, -0.25) is 0 Å². The van der Waals surface area contributed by atoms with Crippen LogP contribution in [-0.4, -0.2) is 0 Å². The summed E-state index contributed by atoms with van der Waals surface area (Å²) in [5.41, 5.74) is 8.82. The first-order chi connectivity index (χ1) is 39.0. The van der Waals surface area contributed by atoms with Crippen LogP contribution in [0.15, 0.2) is 284 Å². The molecule has 0 spiro atoms. The Hall–Kier alpha value is -9.68. The van der Waals surface area contributed by atoms with Crippen molar-refractivity contribution >= 4 is 88.6 Å². The van der Waals surface area contributed by atoms with E-state index in [1.54, 1.807) is 0 Å². The van der Waals surface area contributed by atoms with E-state index in [0.717, 1.165) is 88.1 Å². The summed E-state index contributed by atoms with van der Waals surface area (Å²) < 4.78 is 0. The zero-order valence-electron chi connectivity index (χ0n) is 44.9. The van der Waals surface area contributed by atoms with Crippen molar-refractivity contribution < 1.29 is 54.6 Å². The average Bonchev–Trinajstić information content (AvgIpc) is 3.50. The predicted octanol–water partition coefficient (Wildman–Crippen LogP) is 18.5. The van der Waals surface area contributed by atoms with E-state index in [4.69, 9.17) is 0 Å². The SMILES string of the molecule is Cc1ccccc1N=Nc1c([O-])ccc2ccccc12.Cc1ccccc1N=Nc1c([O-])ccc2ccccc12.Cc1ccccc1N=Nc1c([O-])ccc2ccccc12.Cc1ccccc1N=Nc1c([O-])ccc2ccccc12.[Cu+2].[Cu+2]. The van der Waals surface area contributed by atoms with Gasteiger partial charge in [0.05, 0.1) is 45.5 Å². The second-order valence-electron chi connectivity index (χ2n) is 18.5. The molecule has 0 saturated heterocycles. The van der Waals surface area contributed by atoms with Gasteiger partial charge in [-0.2, -0.15) is 40.9 Å². The zero-order chi connectivity index (χ0) is 55.8. The molecule has 0 atom stereocenters. The van der Waals surface area contributed by atoms with E-state index in [1.165, 1.54) is 24.3 Å². The van der Waals surface area contributed by atoms with Crippen LogP contribution in [0.2, 0.25) is 0 Å². The van der Waals surface area contributed by atoms with Gasteiger partial charge in [0.25, 0.3) is 0 Å². The minimum Gasteiger partial charge on any atom is -0.871 e. The molecule has 14 heteroatoms. The molecule has 12 aromatic rings. The average molecular weight is 1170 g/mol. The molecule has 0 heterocycles. The molecular weight excluding hydrogens is 1120 g/mol. The molecule has 0 bridgehead atoms. The minimum atomic E-state index is -0.110. The molecule has 0 fully saturated rings. The van der Waals surface area contributed by atoms with Crippen molar-refractivity contribution in [2.45, 2.75) is 27.7 Å². The van der Waals surface area contributed by atoms with E-state index < -0.39 is 0 Å². The van der Waals surface area contributed by atoms with E-state index in [2.05, 4.69) is 40.9 Å². The molecule has 82 heavy (non-hydrogen) atoms. The van der Waals surface area contributed by atoms with Crippen molar-refractivity contribution in [1.82, 2.24) is 0 Å². The maximum absolute atomic E-state index is 12.0. The van der Waals surface area contributed by atoms with Gasteiger partial charge in [0.1, 0.15) is 0 Å². The minimum absolute atomic E-state index is 0. The number of benzene rings is 12. The standard InChI is InChI=1S/4C17H14N2O.2Cu/c4*1-12-6-2-5-9-15(12)18-19-17-14-8-4-3-7-13(14)10-11-16(17)20;;/h4*2-11,20H,1H3;;/q;;;;2*+2/p-4. The van der Waals surface area contributed by atoms with Crippen LogP contribution in [0.1, 0.15) is 22.3 Å². The van der Waals surface area contributed by atoms with Crippen molar-refractivity contribution in [1.29, 1.82) is 0 Å². The number of hydrogen-bond acceptors (Lipinski definition) is 12. The van der Waals surface area contributed by atoms with Crippen LogP contribution in [0, 0.1) is 27.7 Å². The summed E-state index contributed by atoms with van der Waals surface area (Å²) in [7, 11) is 0. The normalized spacial score (nSPS) is 11.0. The summed E-state index contributed by atoms with van der Waals surface area (Å²) in [5.74, 6) is -0.441. The smallest absolute Gasteiger partial charge is 0.871 e. The summed E-state index contributed by atoms with van der Waals surface area (Å²) in [4.78, 5) is 0. The van der Waals surface area contributed by atoms with Crippen molar-refractivity contribution in [3.63, 3.8) is 0 Å². The number of fused-ring (bicyclic) bond motifs is 4. The molecule has 12 rings (SSSR count). The molecule has 0 saturated carbocycles. The Kier molecular flexibility index (Phi) is 21.2. The van der Waals surface area contributed by atoms with E-state index in [9.17, 15) is 20.4 Å². The molecule has 0 unspecified atom stereocenters. The summed E-state index contributed by atoms with van der Waals surface area (Å²) in [5, 5.41) is 88.8. The largest absolute Gasteiger partial charge is 2.00 e. The summed E-state index contributed by atoms with van der Waals surface area (Å²) >= 11 is 0. The summed E-state index contributed by atoms with van der Waals surface area (Å²) in [6.45, 7) is 7.87. The van der Waals surface area contributed by atoms with Crippen LogP contribution < -0.4 is 20.4 Å². The van der Waals surface area contributed by atoms with Gasteiger partial charge in [0.2, 0.25) is 0 Å². The van der Waals surface area contributed by atoms with Crippen LogP contribution in [0.5, 0.6) is 23.0 Å². The second kappa shape index (κ2) is 29.0. The Morgan fingerprint density at radius 2 is 0.390 bits per heavy atom. The molecule has 12 nitrogen and oxygen atoms in total. The Balaban J connectivity index is 0.000000156. The third kappa shape index (κ3) is 15.0. The molecule has 0 aliphatic carbocycles. The van der Waals surface area contributed by atoms with Crippen molar-refractivity contribution in [2.24, 2.45) is 40.9 Å². The first-order valence-electron chi connectivity index (χ1n) is 25.7. The molecular formula is C68H52Cu2N8O4. The molecule has 0 aromatic heterocycles. The monoisotopic (exact) mass is 1170 g/mol. The first-order valence-corrected chi connectivity index (χ1v) is 25.7. The molecule has 0 N–H and O–H groups in total. The van der Waals surface area contributed by atoms with Gasteiger partial charge in [0, 0.05) is 21.5 Å². The third-order valence-electron chi connectivity index (χ3n) is 12.9. The number of hydrogen-bond donors (Lipinski definition) is 0. The Morgan fingerprint density at radius 3 is 0.598 bits per heavy atom. The van der Waals surface area contributed by atoms with Crippen molar-refractivity contribution in [3.05, 3.63) is 265 Å². The van der Waals surface area contributed by atoms with E-state index >= 15 is 0 Å². The fourth-order valence-corrected chi connectivity index (χ4v) is 8.47. The fourth-order valence-electron chi connectivity index (χ4n) is 8.47. The van der Waals surface area contributed by atoms with Crippen LogP contribution in [0.4, 0.5) is 45.5 Å². The van der Waals surface area contributed by atoms with Gasteiger partial charge in [-0.05, 0) is 95.8 Å². The molecule has 0 amide bonds. The van der Waals surface area contributed by atoms with E-state index in [1.807, 2.05) is 246 Å². The van der Waals surface area contributed by atoms with Crippen LogP contribution in [0.3, 0.4) is 0 Å². The zero-order valence-corrected chi connectivity index (χ0v) is 46.8. The predicted molar refractivity (Wildman–Crippen MR) is 315 cm³/mol. The molecule has 2 radical (unpaired) electrons. The van der Waals surface area contributed by atoms with Gasteiger partial charge in [-0.15, -0.1) is 0 Å². The Labute approximate surface area is 496 Å². The Morgan fingerprint density at radius 1 is 0.207 bits per heavy atom. The van der Waals surface area contributed by atoms with Crippen LogP contribution in [0.25, 0.3) is 43.1 Å². The fraction of sp³-hybridized carbons (Fsp3) is 0.0588. The Bertz CT molecular complexity index is 3740. The number of azo groups is 4. The quantitative estimate of drug-likeness (QED) is 0.108. The van der Waals surface area contributed by atoms with Gasteiger partial charge in [-0.1, -0.05) is 241 Å². The number of rotatable bonds is 8. The molecule has 410 valence electrons. The van der Waals surface area contributed by atoms with Crippen LogP contribution >= 0.6 is 0 Å². The van der Waals surface area contributed by atoms with Gasteiger partial charge < -0.3 is 20.4 Å². The van der Waals surface area contributed by atoms with Gasteiger partial charge in [0.15, 0.2) is 0 Å². The van der Waals surface area contributed by atoms with Gasteiger partial charge in [-0.25, -0.2) is 0 Å². The van der Waals surface area contributed by atoms with E-state index in [-0.39, 0.29) is 57.1 Å². The number of nitrogens with zero attached hydrogens (tertiary/aromatic N) is 8. The number of aryl methyl sites for hydroxylation is 4. The summed E-state index contributed by atoms with van der Waals surface area (Å²) in [6.07, 6.45) is 0. The second-order valence-corrected chi connectivity index (χ2v) is 18.5. The summed E-state index contributed by atoms with van der Waals surface area (Å²) in [6, 6.07) is 75.0. The van der Waals surface area contributed by atoms with Crippen LogP contribution in [-0.2, 0) is 34.1 Å². The van der Waals surface area contributed by atoms with Gasteiger partial charge >= 0.3 is 34.1 Å². The first kappa shape index (κ1) is 60.0. The topological polar surface area (TPSA) is 191 Å². The molecule has 0 aliphatic rings. The molecule has 0 aliphatic heterocycles.